The lowest BCUT2D eigenvalue weighted by Gasteiger charge is -2.02. The van der Waals surface area contributed by atoms with E-state index in [1.54, 1.807) is 0 Å². The van der Waals surface area contributed by atoms with Crippen LogP contribution >= 0.6 is 0 Å². The first kappa shape index (κ1) is 10.3. The first-order valence-electron chi connectivity index (χ1n) is 4.90. The van der Waals surface area contributed by atoms with E-state index in [1.165, 1.54) is 0 Å². The second kappa shape index (κ2) is 4.08. The molecule has 2 nitrogen and oxygen atoms in total. The maximum atomic E-state index is 10.6. The maximum absolute atomic E-state index is 10.6. The Labute approximate surface area is 93.5 Å². The molecule has 0 aromatic heterocycles. The summed E-state index contributed by atoms with van der Waals surface area (Å²) in [5, 5.41) is 10.7. The van der Waals surface area contributed by atoms with Crippen LogP contribution in [0.3, 0.4) is 0 Å². The van der Waals surface area contributed by atoms with Gasteiger partial charge in [-0.05, 0) is 28.5 Å². The molecule has 2 rings (SSSR count). The summed E-state index contributed by atoms with van der Waals surface area (Å²) >= 11 is 0. The topological polar surface area (TPSA) is 37.3 Å². The molecule has 2 aromatic carbocycles. The second-order valence-corrected chi connectivity index (χ2v) is 3.61. The van der Waals surface area contributed by atoms with Crippen LogP contribution in [0.25, 0.3) is 10.8 Å². The zero-order valence-corrected chi connectivity index (χ0v) is 8.60. The van der Waals surface area contributed by atoms with E-state index < -0.39 is 5.97 Å². The van der Waals surface area contributed by atoms with E-state index >= 15 is 0 Å². The van der Waals surface area contributed by atoms with Gasteiger partial charge in [-0.2, -0.15) is 0 Å². The van der Waals surface area contributed by atoms with Gasteiger partial charge in [-0.3, -0.25) is 4.79 Å². The van der Waals surface area contributed by atoms with Gasteiger partial charge in [0, 0.05) is 5.56 Å². The van der Waals surface area contributed by atoms with Crippen LogP contribution in [-0.2, 0) is 11.2 Å². The molecular formula is C14H10O2. The van der Waals surface area contributed by atoms with Crippen LogP contribution in [0.4, 0.5) is 0 Å². The number of aliphatic carboxylic acids is 1. The molecule has 0 saturated carbocycles. The zero-order valence-electron chi connectivity index (χ0n) is 8.60. The quantitative estimate of drug-likeness (QED) is 0.773. The van der Waals surface area contributed by atoms with E-state index in [-0.39, 0.29) is 6.42 Å². The molecule has 0 fully saturated rings. The van der Waals surface area contributed by atoms with E-state index in [0.29, 0.717) is 0 Å². The molecule has 78 valence electrons. The zero-order chi connectivity index (χ0) is 11.5. The molecule has 0 aliphatic rings. The van der Waals surface area contributed by atoms with Crippen molar-refractivity contribution in [1.82, 2.24) is 0 Å². The van der Waals surface area contributed by atoms with Gasteiger partial charge in [0.1, 0.15) is 0 Å². The van der Waals surface area contributed by atoms with Gasteiger partial charge in [0.2, 0.25) is 0 Å². The Kier molecular flexibility index (Phi) is 2.61. The summed E-state index contributed by atoms with van der Waals surface area (Å²) in [4.78, 5) is 10.6. The van der Waals surface area contributed by atoms with E-state index in [1.807, 2.05) is 36.4 Å². The summed E-state index contributed by atoms with van der Waals surface area (Å²) in [6, 6.07) is 11.3. The SMILES string of the molecule is C#Cc1ccc2cc(CC(=O)O)ccc2c1. The molecule has 0 aliphatic heterocycles. The van der Waals surface area contributed by atoms with Gasteiger partial charge < -0.3 is 5.11 Å². The average Bonchev–Trinajstić information content (AvgIpc) is 2.27. The van der Waals surface area contributed by atoms with Gasteiger partial charge in [0.15, 0.2) is 0 Å². The highest BCUT2D eigenvalue weighted by atomic mass is 16.4. The molecular weight excluding hydrogens is 200 g/mol. The van der Waals surface area contributed by atoms with Gasteiger partial charge in [0.25, 0.3) is 0 Å². The van der Waals surface area contributed by atoms with Gasteiger partial charge in [-0.25, -0.2) is 0 Å². The fourth-order valence-electron chi connectivity index (χ4n) is 1.67. The predicted molar refractivity (Wildman–Crippen MR) is 63.2 cm³/mol. The van der Waals surface area contributed by atoms with E-state index in [9.17, 15) is 4.79 Å². The Hall–Kier alpha value is -2.27. The molecule has 0 unspecified atom stereocenters. The fourth-order valence-corrected chi connectivity index (χ4v) is 1.67. The van der Waals surface area contributed by atoms with Crippen molar-refractivity contribution < 1.29 is 9.90 Å². The smallest absolute Gasteiger partial charge is 0.307 e. The van der Waals surface area contributed by atoms with Crippen molar-refractivity contribution in [2.75, 3.05) is 0 Å². The van der Waals surface area contributed by atoms with Gasteiger partial charge in [-0.15, -0.1) is 6.42 Å². The van der Waals surface area contributed by atoms with Crippen molar-refractivity contribution >= 4 is 16.7 Å². The van der Waals surface area contributed by atoms with Crippen molar-refractivity contribution in [3.05, 3.63) is 47.5 Å². The molecule has 2 heteroatoms. The molecule has 0 aliphatic carbocycles. The van der Waals surface area contributed by atoms with Crippen molar-refractivity contribution in [3.63, 3.8) is 0 Å². The van der Waals surface area contributed by atoms with Crippen molar-refractivity contribution in [2.24, 2.45) is 0 Å². The summed E-state index contributed by atoms with van der Waals surface area (Å²) in [5.41, 5.74) is 1.63. The minimum Gasteiger partial charge on any atom is -0.481 e. The molecule has 0 amide bonds. The van der Waals surface area contributed by atoms with Crippen molar-refractivity contribution in [2.45, 2.75) is 6.42 Å². The summed E-state index contributed by atoms with van der Waals surface area (Å²) in [6.45, 7) is 0. The lowest BCUT2D eigenvalue weighted by molar-refractivity contribution is -0.136. The minimum absolute atomic E-state index is 0.0484. The lowest BCUT2D eigenvalue weighted by Crippen LogP contribution is -1.99. The van der Waals surface area contributed by atoms with E-state index in [4.69, 9.17) is 11.5 Å². The molecule has 0 atom stereocenters. The summed E-state index contributed by atoms with van der Waals surface area (Å²) in [5.74, 6) is 1.75. The Morgan fingerprint density at radius 1 is 1.19 bits per heavy atom. The monoisotopic (exact) mass is 210 g/mol. The van der Waals surface area contributed by atoms with Crippen LogP contribution in [0.5, 0.6) is 0 Å². The summed E-state index contributed by atoms with van der Waals surface area (Å²) < 4.78 is 0. The number of fused-ring (bicyclic) bond motifs is 1. The number of hydrogen-bond donors (Lipinski definition) is 1. The summed E-state index contributed by atoms with van der Waals surface area (Å²) in [6.07, 6.45) is 5.36. The first-order valence-corrected chi connectivity index (χ1v) is 4.90. The minimum atomic E-state index is -0.820. The third-order valence-corrected chi connectivity index (χ3v) is 2.43. The van der Waals surface area contributed by atoms with Crippen LogP contribution in [0.15, 0.2) is 36.4 Å². The Bertz CT molecular complexity index is 591. The van der Waals surface area contributed by atoms with Gasteiger partial charge in [-0.1, -0.05) is 30.2 Å². The Morgan fingerprint density at radius 2 is 1.88 bits per heavy atom. The average molecular weight is 210 g/mol. The number of carbonyl (C=O) groups is 1. The number of hydrogen-bond acceptors (Lipinski definition) is 1. The molecule has 16 heavy (non-hydrogen) atoms. The third-order valence-electron chi connectivity index (χ3n) is 2.43. The number of carboxylic acid groups (broad SMARTS) is 1. The highest BCUT2D eigenvalue weighted by molar-refractivity contribution is 5.85. The van der Waals surface area contributed by atoms with Crippen LogP contribution in [-0.4, -0.2) is 11.1 Å². The van der Waals surface area contributed by atoms with Gasteiger partial charge in [0.05, 0.1) is 6.42 Å². The highest BCUT2D eigenvalue weighted by Crippen LogP contribution is 2.18. The third kappa shape index (κ3) is 2.04. The molecule has 1 N–H and O–H groups in total. The number of carboxylic acids is 1. The number of rotatable bonds is 2. The molecule has 0 heterocycles. The molecule has 0 saturated heterocycles. The van der Waals surface area contributed by atoms with Crippen LogP contribution in [0, 0.1) is 12.3 Å². The Morgan fingerprint density at radius 3 is 2.56 bits per heavy atom. The van der Waals surface area contributed by atoms with E-state index in [0.717, 1.165) is 21.9 Å². The molecule has 0 bridgehead atoms. The first-order chi connectivity index (χ1) is 7.69. The number of benzene rings is 2. The Balaban J connectivity index is 2.48. The lowest BCUT2D eigenvalue weighted by atomic mass is 10.0. The van der Waals surface area contributed by atoms with Crippen molar-refractivity contribution in [1.29, 1.82) is 0 Å². The molecule has 0 spiro atoms. The van der Waals surface area contributed by atoms with Crippen LogP contribution in [0.1, 0.15) is 11.1 Å². The normalized spacial score (nSPS) is 9.94. The molecule has 2 aromatic rings. The second-order valence-electron chi connectivity index (χ2n) is 3.61. The maximum Gasteiger partial charge on any atom is 0.307 e. The van der Waals surface area contributed by atoms with E-state index in [2.05, 4.69) is 5.92 Å². The highest BCUT2D eigenvalue weighted by Gasteiger charge is 2.01. The number of terminal acetylenes is 1. The largest absolute Gasteiger partial charge is 0.481 e. The van der Waals surface area contributed by atoms with Crippen LogP contribution in [0.2, 0.25) is 0 Å². The predicted octanol–water partition coefficient (Wildman–Crippen LogP) is 2.45. The fraction of sp³-hybridized carbons (Fsp3) is 0.0714. The standard InChI is InChI=1S/C14H10O2/c1-2-10-3-5-13-8-11(9-14(15)16)4-6-12(13)7-10/h1,3-8H,9H2,(H,15,16). The van der Waals surface area contributed by atoms with Crippen molar-refractivity contribution in [3.8, 4) is 12.3 Å². The van der Waals surface area contributed by atoms with Gasteiger partial charge >= 0.3 is 5.97 Å². The van der Waals surface area contributed by atoms with Crippen LogP contribution < -0.4 is 0 Å². The molecule has 0 radical (unpaired) electrons. The summed E-state index contributed by atoms with van der Waals surface area (Å²) in [7, 11) is 0.